The van der Waals surface area contributed by atoms with E-state index < -0.39 is 5.41 Å². The molecule has 0 N–H and O–H groups in total. The molecular formula is C58H34N4O. The summed E-state index contributed by atoms with van der Waals surface area (Å²) in [6, 6.07) is 73.7. The van der Waals surface area contributed by atoms with Gasteiger partial charge in [0, 0.05) is 27.3 Å². The van der Waals surface area contributed by atoms with Crippen molar-refractivity contribution in [2.24, 2.45) is 0 Å². The van der Waals surface area contributed by atoms with Gasteiger partial charge in [0.2, 0.25) is 0 Å². The molecule has 0 amide bonds. The summed E-state index contributed by atoms with van der Waals surface area (Å²) in [5, 5.41) is 4.44. The summed E-state index contributed by atoms with van der Waals surface area (Å²) in [6.45, 7) is 0. The largest absolute Gasteiger partial charge is 0.455 e. The smallest absolute Gasteiger partial charge is 0.167 e. The van der Waals surface area contributed by atoms with Gasteiger partial charge in [-0.3, -0.25) is 0 Å². The van der Waals surface area contributed by atoms with Crippen molar-refractivity contribution >= 4 is 43.7 Å². The van der Waals surface area contributed by atoms with Crippen LogP contribution < -0.4 is 0 Å². The van der Waals surface area contributed by atoms with Crippen molar-refractivity contribution < 1.29 is 4.42 Å². The van der Waals surface area contributed by atoms with Crippen molar-refractivity contribution in [3.8, 4) is 62.1 Å². The number of rotatable bonds is 4. The van der Waals surface area contributed by atoms with Crippen molar-refractivity contribution in [1.29, 1.82) is 0 Å². The van der Waals surface area contributed by atoms with Crippen LogP contribution in [-0.2, 0) is 5.41 Å². The topological polar surface area (TPSA) is 56.7 Å². The van der Waals surface area contributed by atoms with E-state index in [1.807, 2.05) is 72.8 Å². The number of benzene rings is 9. The number of furan rings is 1. The summed E-state index contributed by atoms with van der Waals surface area (Å²) in [7, 11) is 0. The van der Waals surface area contributed by atoms with Crippen LogP contribution >= 0.6 is 0 Å². The molecule has 2 aliphatic rings. The van der Waals surface area contributed by atoms with Crippen molar-refractivity contribution in [2.75, 3.05) is 0 Å². The fourth-order valence-corrected chi connectivity index (χ4v) is 10.9. The first-order valence-corrected chi connectivity index (χ1v) is 21.4. The molecule has 1 spiro atoms. The molecule has 0 fully saturated rings. The van der Waals surface area contributed by atoms with Crippen molar-refractivity contribution in [1.82, 2.24) is 19.5 Å². The Morgan fingerprint density at radius 2 is 0.889 bits per heavy atom. The molecule has 0 bridgehead atoms. The van der Waals surface area contributed by atoms with Gasteiger partial charge in [0.1, 0.15) is 11.2 Å². The molecule has 12 aromatic rings. The minimum atomic E-state index is -0.437. The Hall–Kier alpha value is -8.41. The third kappa shape index (κ3) is 4.63. The quantitative estimate of drug-likeness (QED) is 0.178. The third-order valence-corrected chi connectivity index (χ3v) is 13.5. The number of nitrogens with zero attached hydrogens (tertiary/aromatic N) is 4. The predicted octanol–water partition coefficient (Wildman–Crippen LogP) is 14.2. The number of para-hydroxylation sites is 2. The number of aromatic nitrogens is 4. The minimum Gasteiger partial charge on any atom is -0.455 e. The number of fused-ring (bicyclic) bond motifs is 16. The standard InChI is InChI=1S/C58H34N4O/c1-3-17-35(18-4-1)55-59-56(36-19-5-2-6-20-36)61-57(60-55)42-31-32-50(53-41-25-11-16-30-52(41)63-54(42)53)62-49-29-15-10-24-40(49)44-33-48-43(34-51(44)62)39-23-9-14-28-47(39)58(48)45-26-12-7-21-37(45)38-22-8-13-27-46(38)58/h1-34H. The van der Waals surface area contributed by atoms with Crippen LogP contribution in [0.5, 0.6) is 0 Å². The van der Waals surface area contributed by atoms with Crippen molar-refractivity contribution in [3.05, 3.63) is 229 Å². The summed E-state index contributed by atoms with van der Waals surface area (Å²) in [4.78, 5) is 15.3. The first-order chi connectivity index (χ1) is 31.3. The van der Waals surface area contributed by atoms with E-state index in [0.717, 1.165) is 55.3 Å². The molecule has 292 valence electrons. The van der Waals surface area contributed by atoms with Crippen LogP contribution in [0.1, 0.15) is 22.3 Å². The second kappa shape index (κ2) is 12.8. The predicted molar refractivity (Wildman–Crippen MR) is 254 cm³/mol. The molecular weight excluding hydrogens is 769 g/mol. The molecule has 2 aliphatic carbocycles. The van der Waals surface area contributed by atoms with Gasteiger partial charge in [-0.15, -0.1) is 0 Å². The van der Waals surface area contributed by atoms with Crippen LogP contribution in [0.2, 0.25) is 0 Å². The van der Waals surface area contributed by atoms with Gasteiger partial charge in [0.05, 0.1) is 33.1 Å². The summed E-state index contributed by atoms with van der Waals surface area (Å²) in [5.41, 5.74) is 17.5. The Morgan fingerprint density at radius 1 is 0.365 bits per heavy atom. The highest BCUT2D eigenvalue weighted by Gasteiger charge is 2.51. The molecule has 0 saturated carbocycles. The van der Waals surface area contributed by atoms with Gasteiger partial charge in [-0.05, 0) is 80.9 Å². The van der Waals surface area contributed by atoms with Crippen LogP contribution in [0.4, 0.5) is 0 Å². The second-order valence-corrected chi connectivity index (χ2v) is 16.6. The van der Waals surface area contributed by atoms with Gasteiger partial charge in [0.25, 0.3) is 0 Å². The average molecular weight is 803 g/mol. The lowest BCUT2D eigenvalue weighted by atomic mass is 9.70. The van der Waals surface area contributed by atoms with Crippen LogP contribution in [0.15, 0.2) is 211 Å². The Morgan fingerprint density at radius 3 is 1.54 bits per heavy atom. The highest BCUT2D eigenvalue weighted by atomic mass is 16.3. The first kappa shape index (κ1) is 34.3. The monoisotopic (exact) mass is 802 g/mol. The lowest BCUT2D eigenvalue weighted by molar-refractivity contribution is 0.669. The average Bonchev–Trinajstić information content (AvgIpc) is 4.07. The van der Waals surface area contributed by atoms with E-state index in [0.29, 0.717) is 17.5 Å². The molecule has 0 aliphatic heterocycles. The molecule has 0 radical (unpaired) electrons. The summed E-state index contributed by atoms with van der Waals surface area (Å²) >= 11 is 0. The zero-order valence-corrected chi connectivity index (χ0v) is 33.8. The molecule has 9 aromatic carbocycles. The lowest BCUT2D eigenvalue weighted by Crippen LogP contribution is -2.25. The van der Waals surface area contributed by atoms with Crippen LogP contribution in [0, 0.1) is 0 Å². The lowest BCUT2D eigenvalue weighted by Gasteiger charge is -2.30. The molecule has 0 atom stereocenters. The van der Waals surface area contributed by atoms with Gasteiger partial charge in [0.15, 0.2) is 17.5 Å². The van der Waals surface area contributed by atoms with E-state index in [-0.39, 0.29) is 0 Å². The molecule has 5 heteroatoms. The fourth-order valence-electron chi connectivity index (χ4n) is 10.9. The maximum atomic E-state index is 6.93. The van der Waals surface area contributed by atoms with Crippen LogP contribution in [0.25, 0.3) is 106 Å². The zero-order valence-electron chi connectivity index (χ0n) is 33.8. The van der Waals surface area contributed by atoms with E-state index in [2.05, 4.69) is 138 Å². The van der Waals surface area contributed by atoms with Gasteiger partial charge < -0.3 is 8.98 Å². The van der Waals surface area contributed by atoms with E-state index in [1.165, 1.54) is 55.3 Å². The highest BCUT2D eigenvalue weighted by molar-refractivity contribution is 6.17. The Balaban J connectivity index is 1.06. The summed E-state index contributed by atoms with van der Waals surface area (Å²) in [6.07, 6.45) is 0. The highest BCUT2D eigenvalue weighted by Crippen LogP contribution is 2.63. The number of hydrogen-bond donors (Lipinski definition) is 0. The van der Waals surface area contributed by atoms with Gasteiger partial charge >= 0.3 is 0 Å². The Labute approximate surface area is 362 Å². The molecule has 0 unspecified atom stereocenters. The third-order valence-electron chi connectivity index (χ3n) is 13.5. The van der Waals surface area contributed by atoms with Crippen LogP contribution in [-0.4, -0.2) is 19.5 Å². The van der Waals surface area contributed by atoms with Crippen LogP contribution in [0.3, 0.4) is 0 Å². The molecule has 63 heavy (non-hydrogen) atoms. The van der Waals surface area contributed by atoms with E-state index in [9.17, 15) is 0 Å². The van der Waals surface area contributed by atoms with E-state index >= 15 is 0 Å². The molecule has 3 aromatic heterocycles. The molecule has 5 nitrogen and oxygen atoms in total. The zero-order chi connectivity index (χ0) is 41.2. The summed E-state index contributed by atoms with van der Waals surface area (Å²) < 4.78 is 9.37. The van der Waals surface area contributed by atoms with Crippen molar-refractivity contribution in [2.45, 2.75) is 5.41 Å². The van der Waals surface area contributed by atoms with Crippen molar-refractivity contribution in [3.63, 3.8) is 0 Å². The fraction of sp³-hybridized carbons (Fsp3) is 0.0172. The Kier molecular flexibility index (Phi) is 6.97. The minimum absolute atomic E-state index is 0.437. The van der Waals surface area contributed by atoms with Gasteiger partial charge in [-0.2, -0.15) is 0 Å². The summed E-state index contributed by atoms with van der Waals surface area (Å²) in [5.74, 6) is 1.77. The SMILES string of the molecule is c1ccc(-c2nc(-c3ccccc3)nc(-c3ccc(-n4c5ccccc5c5cc6c(cc54)-c4ccccc4C64c5ccccc5-c5ccccc54)c4c3oc3ccccc34)n2)cc1. The van der Waals surface area contributed by atoms with E-state index in [4.69, 9.17) is 19.4 Å². The van der Waals surface area contributed by atoms with Gasteiger partial charge in [-0.1, -0.05) is 170 Å². The second-order valence-electron chi connectivity index (χ2n) is 16.6. The maximum Gasteiger partial charge on any atom is 0.167 e. The van der Waals surface area contributed by atoms with Gasteiger partial charge in [-0.25, -0.2) is 15.0 Å². The Bertz CT molecular complexity index is 3760. The normalized spacial score (nSPS) is 13.2. The molecule has 3 heterocycles. The first-order valence-electron chi connectivity index (χ1n) is 21.4. The number of hydrogen-bond acceptors (Lipinski definition) is 4. The molecule has 14 rings (SSSR count). The molecule has 0 saturated heterocycles. The maximum absolute atomic E-state index is 6.93. The van der Waals surface area contributed by atoms with E-state index in [1.54, 1.807) is 0 Å².